The lowest BCUT2D eigenvalue weighted by Crippen LogP contribution is -2.07. The maximum Gasteiger partial charge on any atom is 0.0944 e. The Labute approximate surface area is 189 Å². The summed E-state index contributed by atoms with van der Waals surface area (Å²) in [6.45, 7) is 10.8. The minimum Gasteiger partial charge on any atom is -0.343 e. The van der Waals surface area contributed by atoms with E-state index in [-0.39, 0.29) is 0 Å². The first-order chi connectivity index (χ1) is 14.9. The molecule has 158 valence electrons. The first-order valence-corrected chi connectivity index (χ1v) is 11.8. The number of hydrogen-bond donors (Lipinski definition) is 2. The van der Waals surface area contributed by atoms with Gasteiger partial charge in [-0.05, 0) is 61.4 Å². The Morgan fingerprint density at radius 1 is 0.871 bits per heavy atom. The number of thiophene rings is 1. The molecular weight excluding hydrogens is 396 g/mol. The van der Waals surface area contributed by atoms with Crippen LogP contribution in [0.5, 0.6) is 0 Å². The van der Waals surface area contributed by atoms with E-state index < -0.39 is 0 Å². The van der Waals surface area contributed by atoms with E-state index in [2.05, 4.69) is 93.7 Å². The van der Waals surface area contributed by atoms with Crippen molar-refractivity contribution in [3.63, 3.8) is 0 Å². The van der Waals surface area contributed by atoms with E-state index in [9.17, 15) is 0 Å². The molecule has 1 heterocycles. The maximum absolute atomic E-state index is 8.14. The lowest BCUT2D eigenvalue weighted by Gasteiger charge is -2.19. The molecule has 0 aliphatic rings. The molecule has 1 unspecified atom stereocenters. The summed E-state index contributed by atoms with van der Waals surface area (Å²) in [6, 6.07) is 21.8. The zero-order valence-electron chi connectivity index (χ0n) is 19.0. The first-order valence-electron chi connectivity index (χ1n) is 11.0. The summed E-state index contributed by atoms with van der Waals surface area (Å²) in [4.78, 5) is 0. The fraction of sp³-hybridized carbons (Fsp3) is 0.250. The molecule has 3 heteroatoms. The quantitative estimate of drug-likeness (QED) is 0.186. The van der Waals surface area contributed by atoms with Crippen LogP contribution in [0.1, 0.15) is 63.6 Å². The monoisotopic (exact) mass is 426 g/mol. The largest absolute Gasteiger partial charge is 0.343 e. The van der Waals surface area contributed by atoms with Gasteiger partial charge < -0.3 is 5.32 Å². The van der Waals surface area contributed by atoms with E-state index in [4.69, 9.17) is 5.41 Å². The van der Waals surface area contributed by atoms with Crippen LogP contribution in [0, 0.1) is 5.41 Å². The number of fused-ring (bicyclic) bond motifs is 3. The average molecular weight is 427 g/mol. The summed E-state index contributed by atoms with van der Waals surface area (Å²) in [6.07, 6.45) is 1.12. The minimum atomic E-state index is 0.455. The summed E-state index contributed by atoms with van der Waals surface area (Å²) >= 11 is 1.80. The van der Waals surface area contributed by atoms with Gasteiger partial charge in [-0.2, -0.15) is 0 Å². The third kappa shape index (κ3) is 3.90. The van der Waals surface area contributed by atoms with Crippen LogP contribution in [-0.2, 0) is 0 Å². The molecule has 1 aromatic heterocycles. The van der Waals surface area contributed by atoms with Crippen molar-refractivity contribution in [1.29, 1.82) is 5.41 Å². The van der Waals surface area contributed by atoms with Gasteiger partial charge in [-0.25, -0.2) is 0 Å². The number of rotatable bonds is 5. The molecule has 4 aromatic rings. The summed E-state index contributed by atoms with van der Waals surface area (Å²) in [5.74, 6) is 0.974. The Morgan fingerprint density at radius 2 is 1.55 bits per heavy atom. The van der Waals surface area contributed by atoms with Crippen LogP contribution in [0.15, 0.2) is 60.7 Å². The van der Waals surface area contributed by atoms with Crippen LogP contribution in [-0.4, -0.2) is 5.84 Å². The van der Waals surface area contributed by atoms with Crippen LogP contribution in [0.2, 0.25) is 0 Å². The predicted molar refractivity (Wildman–Crippen MR) is 140 cm³/mol. The molecule has 0 amide bonds. The van der Waals surface area contributed by atoms with Crippen molar-refractivity contribution in [3.8, 4) is 0 Å². The second kappa shape index (κ2) is 8.68. The van der Waals surface area contributed by atoms with Gasteiger partial charge in [-0.3, -0.25) is 5.41 Å². The fourth-order valence-electron chi connectivity index (χ4n) is 4.31. The lowest BCUT2D eigenvalue weighted by atomic mass is 9.87. The molecule has 0 bridgehead atoms. The van der Waals surface area contributed by atoms with Gasteiger partial charge in [0.1, 0.15) is 0 Å². The standard InChI is InChI=1S/C28H30N2S/c1-6-17(2)21-11-7-8-12-22(21)18(3)19(4)23-15-16-25-24-13-9-10-14-26(24)31-28(25)27(23)30-20(5)29/h7-17H,6H2,1-5H3,(H2,29,30)/b19-18+. The summed E-state index contributed by atoms with van der Waals surface area (Å²) < 4.78 is 2.49. The molecule has 31 heavy (non-hydrogen) atoms. The number of allylic oxidation sites excluding steroid dienone is 2. The summed E-state index contributed by atoms with van der Waals surface area (Å²) in [7, 11) is 0. The highest BCUT2D eigenvalue weighted by molar-refractivity contribution is 7.26. The maximum atomic E-state index is 8.14. The minimum absolute atomic E-state index is 0.455. The number of nitrogens with one attached hydrogen (secondary N) is 2. The third-order valence-electron chi connectivity index (χ3n) is 6.33. The molecular formula is C28H30N2S. The molecule has 0 saturated carbocycles. The van der Waals surface area contributed by atoms with Crippen molar-refractivity contribution < 1.29 is 0 Å². The zero-order valence-corrected chi connectivity index (χ0v) is 19.8. The van der Waals surface area contributed by atoms with Crippen LogP contribution in [0.25, 0.3) is 31.3 Å². The van der Waals surface area contributed by atoms with Crippen LogP contribution >= 0.6 is 11.3 Å². The van der Waals surface area contributed by atoms with Crippen molar-refractivity contribution in [2.75, 3.05) is 5.32 Å². The van der Waals surface area contributed by atoms with Gasteiger partial charge in [-0.1, -0.05) is 68.4 Å². The van der Waals surface area contributed by atoms with Crippen molar-refractivity contribution in [2.45, 2.75) is 47.0 Å². The number of anilines is 1. The Bertz CT molecular complexity index is 1310. The van der Waals surface area contributed by atoms with Crippen LogP contribution < -0.4 is 5.32 Å². The highest BCUT2D eigenvalue weighted by Gasteiger charge is 2.17. The van der Waals surface area contributed by atoms with Crippen molar-refractivity contribution in [1.82, 2.24) is 0 Å². The van der Waals surface area contributed by atoms with Crippen molar-refractivity contribution >= 4 is 54.2 Å². The second-order valence-electron chi connectivity index (χ2n) is 8.36. The SMILES string of the molecule is CCC(C)c1ccccc1/C(C)=C(\C)c1ccc2c(sc3ccccc32)c1NC(C)=N. The highest BCUT2D eigenvalue weighted by atomic mass is 32.1. The molecule has 1 atom stereocenters. The zero-order chi connectivity index (χ0) is 22.1. The molecule has 0 aliphatic carbocycles. The molecule has 2 nitrogen and oxygen atoms in total. The van der Waals surface area contributed by atoms with Gasteiger partial charge in [0, 0.05) is 21.0 Å². The number of benzene rings is 3. The molecule has 3 aromatic carbocycles. The molecule has 0 spiro atoms. The van der Waals surface area contributed by atoms with Gasteiger partial charge in [0.15, 0.2) is 0 Å². The van der Waals surface area contributed by atoms with E-state index in [0.29, 0.717) is 11.8 Å². The molecule has 0 aliphatic heterocycles. The lowest BCUT2D eigenvalue weighted by molar-refractivity contribution is 0.731. The van der Waals surface area contributed by atoms with Crippen molar-refractivity contribution in [3.05, 3.63) is 77.4 Å². The Morgan fingerprint density at radius 3 is 2.29 bits per heavy atom. The summed E-state index contributed by atoms with van der Waals surface area (Å²) in [5, 5.41) is 14.0. The first kappa shape index (κ1) is 21.3. The van der Waals surface area contributed by atoms with E-state index in [0.717, 1.165) is 12.1 Å². The Balaban J connectivity index is 1.97. The number of hydrogen-bond acceptors (Lipinski definition) is 2. The normalized spacial score (nSPS) is 13.3. The van der Waals surface area contributed by atoms with Gasteiger partial charge in [0.05, 0.1) is 16.2 Å². The Hall–Kier alpha value is -2.91. The van der Waals surface area contributed by atoms with Gasteiger partial charge in [-0.15, -0.1) is 11.3 Å². The topological polar surface area (TPSA) is 35.9 Å². The van der Waals surface area contributed by atoms with Gasteiger partial charge in [0.2, 0.25) is 0 Å². The van der Waals surface area contributed by atoms with E-state index in [1.807, 2.05) is 0 Å². The second-order valence-corrected chi connectivity index (χ2v) is 9.41. The highest BCUT2D eigenvalue weighted by Crippen LogP contribution is 2.43. The van der Waals surface area contributed by atoms with Crippen molar-refractivity contribution in [2.24, 2.45) is 0 Å². The van der Waals surface area contributed by atoms with Crippen LogP contribution in [0.4, 0.5) is 5.69 Å². The third-order valence-corrected chi connectivity index (χ3v) is 7.54. The summed E-state index contributed by atoms with van der Waals surface area (Å²) in [5.41, 5.74) is 7.48. The van der Waals surface area contributed by atoms with E-state index in [1.54, 1.807) is 18.3 Å². The van der Waals surface area contributed by atoms with Crippen LogP contribution in [0.3, 0.4) is 0 Å². The van der Waals surface area contributed by atoms with Gasteiger partial charge >= 0.3 is 0 Å². The molecule has 0 fully saturated rings. The predicted octanol–water partition coefficient (Wildman–Crippen LogP) is 8.93. The van der Waals surface area contributed by atoms with Gasteiger partial charge in [0.25, 0.3) is 0 Å². The Kier molecular flexibility index (Phi) is 5.97. The smallest absolute Gasteiger partial charge is 0.0944 e. The molecule has 4 rings (SSSR count). The average Bonchev–Trinajstić information content (AvgIpc) is 3.17. The fourth-order valence-corrected chi connectivity index (χ4v) is 5.51. The number of amidine groups is 1. The molecule has 0 radical (unpaired) electrons. The molecule has 0 saturated heterocycles. The molecule has 2 N–H and O–H groups in total. The van der Waals surface area contributed by atoms with E-state index in [1.165, 1.54) is 48.0 Å². The van der Waals surface area contributed by atoms with E-state index >= 15 is 0 Å².